The first-order chi connectivity index (χ1) is 17.4. The zero-order valence-corrected chi connectivity index (χ0v) is 18.8. The molecule has 0 amide bonds. The minimum absolute atomic E-state index is 0.899. The molecule has 4 heterocycles. The summed E-state index contributed by atoms with van der Waals surface area (Å²) in [6.07, 6.45) is 7.59. The molecule has 0 unspecified atom stereocenters. The number of benzene rings is 3. The highest BCUT2D eigenvalue weighted by atomic mass is 15.0. The van der Waals surface area contributed by atoms with Crippen LogP contribution >= 0.6 is 0 Å². The minimum atomic E-state index is 0.899. The van der Waals surface area contributed by atoms with Gasteiger partial charge in [0, 0.05) is 29.6 Å². The maximum atomic E-state index is 5.26. The van der Waals surface area contributed by atoms with Crippen molar-refractivity contribution in [3.8, 4) is 22.3 Å². The van der Waals surface area contributed by atoms with Gasteiger partial charge in [-0.15, -0.1) is 0 Å². The molecule has 9 rings (SSSR count). The minimum Gasteiger partial charge on any atom is -0.289 e. The number of aromatic nitrogens is 4. The standard InChI is InChI=1S/C31H18N4/c1-2-5-19-17(4-1)14-18-7-8-20-21-9-10-26-29(25(21)15-24(20)28(18)19)34-31-30-23(6-3-12-33-30)22-11-13-32-16-27(22)35(26)31/h1-13,16H,14-15H2. The molecule has 2 aliphatic carbocycles. The fourth-order valence-electron chi connectivity index (χ4n) is 6.54. The molecule has 4 aromatic heterocycles. The van der Waals surface area contributed by atoms with E-state index in [1.165, 1.54) is 44.5 Å². The fraction of sp³-hybridized carbons (Fsp3) is 0.0645. The molecule has 0 bridgehead atoms. The van der Waals surface area contributed by atoms with Gasteiger partial charge in [0.2, 0.25) is 0 Å². The second-order valence-electron chi connectivity index (χ2n) is 9.66. The summed E-state index contributed by atoms with van der Waals surface area (Å²) in [7, 11) is 0. The lowest BCUT2D eigenvalue weighted by Crippen LogP contribution is -1.93. The lowest BCUT2D eigenvalue weighted by atomic mass is 9.95. The lowest BCUT2D eigenvalue weighted by Gasteiger charge is -2.08. The quantitative estimate of drug-likeness (QED) is 0.243. The van der Waals surface area contributed by atoms with Gasteiger partial charge in [0.15, 0.2) is 5.65 Å². The van der Waals surface area contributed by atoms with Crippen molar-refractivity contribution >= 4 is 38.5 Å². The summed E-state index contributed by atoms with van der Waals surface area (Å²) in [6.45, 7) is 0. The van der Waals surface area contributed by atoms with Crippen LogP contribution in [0.25, 0.3) is 60.7 Å². The number of hydrogen-bond donors (Lipinski definition) is 0. The molecule has 0 saturated heterocycles. The van der Waals surface area contributed by atoms with Gasteiger partial charge in [0.25, 0.3) is 0 Å². The van der Waals surface area contributed by atoms with E-state index in [0.29, 0.717) is 0 Å². The molecular formula is C31H18N4. The van der Waals surface area contributed by atoms with Crippen LogP contribution in [-0.4, -0.2) is 19.4 Å². The van der Waals surface area contributed by atoms with Crippen LogP contribution in [0.3, 0.4) is 0 Å². The number of nitrogens with zero attached hydrogens (tertiary/aromatic N) is 4. The second-order valence-corrected chi connectivity index (χ2v) is 9.66. The first-order valence-corrected chi connectivity index (χ1v) is 12.0. The topological polar surface area (TPSA) is 43.1 Å². The first-order valence-electron chi connectivity index (χ1n) is 12.0. The normalized spacial score (nSPS) is 13.5. The summed E-state index contributed by atoms with van der Waals surface area (Å²) in [5, 5.41) is 2.26. The summed E-state index contributed by atoms with van der Waals surface area (Å²) in [5.74, 6) is 0. The van der Waals surface area contributed by atoms with Crippen molar-refractivity contribution in [2.75, 3.05) is 0 Å². The predicted molar refractivity (Wildman–Crippen MR) is 140 cm³/mol. The van der Waals surface area contributed by atoms with Crippen molar-refractivity contribution in [3.05, 3.63) is 108 Å². The summed E-state index contributed by atoms with van der Waals surface area (Å²) >= 11 is 0. The zero-order chi connectivity index (χ0) is 22.7. The van der Waals surface area contributed by atoms with E-state index in [-0.39, 0.29) is 0 Å². The molecular weight excluding hydrogens is 428 g/mol. The third-order valence-corrected chi connectivity index (χ3v) is 7.99. The van der Waals surface area contributed by atoms with Crippen molar-refractivity contribution in [2.24, 2.45) is 0 Å². The molecule has 2 aliphatic rings. The van der Waals surface area contributed by atoms with E-state index in [0.717, 1.165) is 51.3 Å². The smallest absolute Gasteiger partial charge is 0.165 e. The van der Waals surface area contributed by atoms with Gasteiger partial charge in [-0.3, -0.25) is 14.4 Å². The van der Waals surface area contributed by atoms with Gasteiger partial charge in [-0.05, 0) is 69.1 Å². The first kappa shape index (κ1) is 17.8. The van der Waals surface area contributed by atoms with Gasteiger partial charge in [-0.1, -0.05) is 48.5 Å². The Balaban J connectivity index is 1.39. The van der Waals surface area contributed by atoms with Gasteiger partial charge < -0.3 is 0 Å². The Kier molecular flexibility index (Phi) is 3.11. The maximum absolute atomic E-state index is 5.26. The number of imidazole rings is 1. The Morgan fingerprint density at radius 2 is 1.54 bits per heavy atom. The summed E-state index contributed by atoms with van der Waals surface area (Å²) in [6, 6.07) is 24.2. The monoisotopic (exact) mass is 446 g/mol. The molecule has 0 atom stereocenters. The molecule has 0 N–H and O–H groups in total. The van der Waals surface area contributed by atoms with Crippen LogP contribution in [0.4, 0.5) is 0 Å². The second kappa shape index (κ2) is 6.10. The van der Waals surface area contributed by atoms with Crippen LogP contribution in [0.2, 0.25) is 0 Å². The molecule has 0 radical (unpaired) electrons. The van der Waals surface area contributed by atoms with Gasteiger partial charge in [0.05, 0.1) is 22.7 Å². The average molecular weight is 447 g/mol. The molecule has 162 valence electrons. The van der Waals surface area contributed by atoms with E-state index in [4.69, 9.17) is 9.97 Å². The molecule has 4 nitrogen and oxygen atoms in total. The SMILES string of the molecule is c1ccc2c(c1)Cc1ccc3c(c1-2)Cc1c-3ccc2c1nc1c3ncccc3c3ccncc3n21. The van der Waals surface area contributed by atoms with Crippen LogP contribution in [0.5, 0.6) is 0 Å². The van der Waals surface area contributed by atoms with E-state index in [1.54, 1.807) is 0 Å². The van der Waals surface area contributed by atoms with Crippen LogP contribution in [0, 0.1) is 0 Å². The third-order valence-electron chi connectivity index (χ3n) is 7.99. The van der Waals surface area contributed by atoms with Crippen LogP contribution in [0.15, 0.2) is 85.3 Å². The van der Waals surface area contributed by atoms with Crippen LogP contribution < -0.4 is 0 Å². The number of hydrogen-bond acceptors (Lipinski definition) is 3. The Morgan fingerprint density at radius 1 is 0.629 bits per heavy atom. The van der Waals surface area contributed by atoms with Gasteiger partial charge in [-0.25, -0.2) is 4.98 Å². The lowest BCUT2D eigenvalue weighted by molar-refractivity contribution is 1.24. The van der Waals surface area contributed by atoms with Crippen molar-refractivity contribution < 1.29 is 0 Å². The molecule has 0 aliphatic heterocycles. The van der Waals surface area contributed by atoms with Crippen molar-refractivity contribution in [1.82, 2.24) is 19.4 Å². The van der Waals surface area contributed by atoms with E-state index in [9.17, 15) is 0 Å². The Morgan fingerprint density at radius 3 is 2.54 bits per heavy atom. The van der Waals surface area contributed by atoms with Gasteiger partial charge >= 0.3 is 0 Å². The van der Waals surface area contributed by atoms with E-state index >= 15 is 0 Å². The van der Waals surface area contributed by atoms with Crippen molar-refractivity contribution in [1.29, 1.82) is 0 Å². The number of fused-ring (bicyclic) bond motifs is 16. The molecule has 0 saturated carbocycles. The van der Waals surface area contributed by atoms with Crippen molar-refractivity contribution in [2.45, 2.75) is 12.8 Å². The van der Waals surface area contributed by atoms with Crippen LogP contribution in [0.1, 0.15) is 22.3 Å². The number of rotatable bonds is 0. The number of pyridine rings is 3. The van der Waals surface area contributed by atoms with Gasteiger partial charge in [0.1, 0.15) is 5.52 Å². The van der Waals surface area contributed by atoms with E-state index < -0.39 is 0 Å². The summed E-state index contributed by atoms with van der Waals surface area (Å²) in [4.78, 5) is 14.5. The third kappa shape index (κ3) is 2.11. The molecule has 0 fully saturated rings. The average Bonchev–Trinajstić information content (AvgIpc) is 3.59. The molecule has 4 heteroatoms. The molecule has 0 spiro atoms. The predicted octanol–water partition coefficient (Wildman–Crippen LogP) is 6.73. The van der Waals surface area contributed by atoms with Gasteiger partial charge in [-0.2, -0.15) is 0 Å². The molecule has 3 aromatic carbocycles. The summed E-state index contributed by atoms with van der Waals surface area (Å²) in [5.41, 5.74) is 16.2. The highest BCUT2D eigenvalue weighted by molar-refractivity contribution is 6.12. The van der Waals surface area contributed by atoms with Crippen LogP contribution in [-0.2, 0) is 12.8 Å². The summed E-state index contributed by atoms with van der Waals surface area (Å²) < 4.78 is 2.25. The molecule has 7 aromatic rings. The van der Waals surface area contributed by atoms with Crippen molar-refractivity contribution in [3.63, 3.8) is 0 Å². The Hall–Kier alpha value is -4.57. The largest absolute Gasteiger partial charge is 0.289 e. The van der Waals surface area contributed by atoms with E-state index in [2.05, 4.69) is 70.0 Å². The zero-order valence-electron chi connectivity index (χ0n) is 18.8. The Labute approximate surface area is 200 Å². The molecule has 35 heavy (non-hydrogen) atoms. The highest BCUT2D eigenvalue weighted by Gasteiger charge is 2.30. The Bertz CT molecular complexity index is 2070. The highest BCUT2D eigenvalue weighted by Crippen LogP contribution is 2.49. The maximum Gasteiger partial charge on any atom is 0.165 e. The van der Waals surface area contributed by atoms with E-state index in [1.807, 2.05) is 24.7 Å². The fourth-order valence-corrected chi connectivity index (χ4v) is 6.54.